The molecular formula is C17H12F2O3. The van der Waals surface area contributed by atoms with Crippen molar-refractivity contribution in [3.63, 3.8) is 0 Å². The molecule has 0 saturated carbocycles. The molecule has 0 spiro atoms. The molecule has 0 aliphatic carbocycles. The molecule has 2 aromatic rings. The third-order valence-electron chi connectivity index (χ3n) is 3.20. The highest BCUT2D eigenvalue weighted by Crippen LogP contribution is 2.31. The van der Waals surface area contributed by atoms with Crippen LogP contribution in [-0.4, -0.2) is 19.0 Å². The molecule has 1 heterocycles. The van der Waals surface area contributed by atoms with E-state index in [9.17, 15) is 13.6 Å². The minimum atomic E-state index is -1.04. The number of ketones is 1. The standard InChI is InChI=1S/C17H12F2O3/c18-13-4-3-12(10-14(13)19)15(20)5-1-11-2-6-16-17(9-11)22-8-7-21-16/h1-6,9-10H,7-8H2. The molecule has 1 aliphatic rings. The molecule has 0 radical (unpaired) electrons. The lowest BCUT2D eigenvalue weighted by atomic mass is 10.1. The van der Waals surface area contributed by atoms with Gasteiger partial charge in [-0.05, 0) is 42.0 Å². The summed E-state index contributed by atoms with van der Waals surface area (Å²) >= 11 is 0. The summed E-state index contributed by atoms with van der Waals surface area (Å²) in [7, 11) is 0. The number of rotatable bonds is 3. The van der Waals surface area contributed by atoms with Crippen LogP contribution in [0.15, 0.2) is 42.5 Å². The van der Waals surface area contributed by atoms with Crippen LogP contribution in [0.2, 0.25) is 0 Å². The maximum absolute atomic E-state index is 13.1. The highest BCUT2D eigenvalue weighted by Gasteiger charge is 2.11. The Labute approximate surface area is 125 Å². The number of halogens is 2. The van der Waals surface area contributed by atoms with Crippen LogP contribution < -0.4 is 9.47 Å². The Bertz CT molecular complexity index is 754. The average molecular weight is 302 g/mol. The summed E-state index contributed by atoms with van der Waals surface area (Å²) in [6.45, 7) is 0.991. The lowest BCUT2D eigenvalue weighted by Crippen LogP contribution is -2.15. The summed E-state index contributed by atoms with van der Waals surface area (Å²) in [4.78, 5) is 11.9. The Balaban J connectivity index is 1.78. The normalized spacial score (nSPS) is 13.4. The number of benzene rings is 2. The zero-order valence-corrected chi connectivity index (χ0v) is 11.5. The average Bonchev–Trinajstić information content (AvgIpc) is 2.55. The number of ether oxygens (including phenoxy) is 2. The molecule has 0 amide bonds. The molecule has 0 N–H and O–H groups in total. The first-order valence-corrected chi connectivity index (χ1v) is 6.70. The predicted octanol–water partition coefficient (Wildman–Crippen LogP) is 3.63. The minimum Gasteiger partial charge on any atom is -0.486 e. The van der Waals surface area contributed by atoms with Crippen LogP contribution in [0.1, 0.15) is 15.9 Å². The summed E-state index contributed by atoms with van der Waals surface area (Å²) in [5.41, 5.74) is 0.841. The second kappa shape index (κ2) is 5.97. The second-order valence-corrected chi connectivity index (χ2v) is 4.73. The van der Waals surface area contributed by atoms with E-state index in [1.807, 2.05) is 0 Å². The third-order valence-corrected chi connectivity index (χ3v) is 3.20. The van der Waals surface area contributed by atoms with Crippen molar-refractivity contribution >= 4 is 11.9 Å². The first-order chi connectivity index (χ1) is 10.6. The monoisotopic (exact) mass is 302 g/mol. The Morgan fingerprint density at radius 2 is 1.73 bits per heavy atom. The molecule has 3 nitrogen and oxygen atoms in total. The molecule has 22 heavy (non-hydrogen) atoms. The summed E-state index contributed by atoms with van der Waals surface area (Å²) in [6.07, 6.45) is 2.89. The van der Waals surface area contributed by atoms with Crippen LogP contribution in [0.5, 0.6) is 11.5 Å². The van der Waals surface area contributed by atoms with Crippen LogP contribution in [0.25, 0.3) is 6.08 Å². The zero-order chi connectivity index (χ0) is 15.5. The van der Waals surface area contributed by atoms with E-state index in [-0.39, 0.29) is 5.56 Å². The van der Waals surface area contributed by atoms with E-state index < -0.39 is 17.4 Å². The van der Waals surface area contributed by atoms with Gasteiger partial charge in [0.2, 0.25) is 0 Å². The molecule has 1 aliphatic heterocycles. The maximum Gasteiger partial charge on any atom is 0.185 e. The van der Waals surface area contributed by atoms with E-state index in [1.54, 1.807) is 24.3 Å². The van der Waals surface area contributed by atoms with Gasteiger partial charge >= 0.3 is 0 Å². The molecule has 0 aromatic heterocycles. The second-order valence-electron chi connectivity index (χ2n) is 4.73. The van der Waals surface area contributed by atoms with Crippen molar-refractivity contribution in [2.24, 2.45) is 0 Å². The van der Waals surface area contributed by atoms with E-state index in [0.717, 1.165) is 17.7 Å². The Hall–Kier alpha value is -2.69. The number of fused-ring (bicyclic) bond motifs is 1. The first kappa shape index (κ1) is 14.3. The topological polar surface area (TPSA) is 35.5 Å². The summed E-state index contributed by atoms with van der Waals surface area (Å²) in [5, 5.41) is 0. The highest BCUT2D eigenvalue weighted by molar-refractivity contribution is 6.06. The van der Waals surface area contributed by atoms with Crippen molar-refractivity contribution in [2.75, 3.05) is 13.2 Å². The fourth-order valence-electron chi connectivity index (χ4n) is 2.08. The summed E-state index contributed by atoms with van der Waals surface area (Å²) < 4.78 is 36.8. The number of carbonyl (C=O) groups excluding carboxylic acids is 1. The Morgan fingerprint density at radius 3 is 2.50 bits per heavy atom. The fraction of sp³-hybridized carbons (Fsp3) is 0.118. The predicted molar refractivity (Wildman–Crippen MR) is 77.2 cm³/mol. The molecule has 0 unspecified atom stereocenters. The molecule has 0 fully saturated rings. The molecule has 112 valence electrons. The van der Waals surface area contributed by atoms with E-state index >= 15 is 0 Å². The number of carbonyl (C=O) groups is 1. The largest absolute Gasteiger partial charge is 0.486 e. The highest BCUT2D eigenvalue weighted by atomic mass is 19.2. The van der Waals surface area contributed by atoms with Gasteiger partial charge < -0.3 is 9.47 Å². The lowest BCUT2D eigenvalue weighted by Gasteiger charge is -2.18. The van der Waals surface area contributed by atoms with Gasteiger partial charge in [0, 0.05) is 5.56 Å². The molecule has 0 bridgehead atoms. The van der Waals surface area contributed by atoms with Crippen molar-refractivity contribution in [1.82, 2.24) is 0 Å². The zero-order valence-electron chi connectivity index (χ0n) is 11.5. The van der Waals surface area contributed by atoms with Gasteiger partial charge in [-0.2, -0.15) is 0 Å². The van der Waals surface area contributed by atoms with Crippen LogP contribution in [0.3, 0.4) is 0 Å². The van der Waals surface area contributed by atoms with Gasteiger partial charge in [-0.1, -0.05) is 12.1 Å². The third kappa shape index (κ3) is 2.98. The van der Waals surface area contributed by atoms with Crippen LogP contribution >= 0.6 is 0 Å². The molecule has 3 rings (SSSR count). The van der Waals surface area contributed by atoms with Gasteiger partial charge in [0.25, 0.3) is 0 Å². The van der Waals surface area contributed by atoms with Gasteiger partial charge in [-0.25, -0.2) is 8.78 Å². The molecule has 0 saturated heterocycles. The molecule has 0 atom stereocenters. The summed E-state index contributed by atoms with van der Waals surface area (Å²) in [6, 6.07) is 8.35. The van der Waals surface area contributed by atoms with Gasteiger partial charge in [0.05, 0.1) is 0 Å². The van der Waals surface area contributed by atoms with Crippen LogP contribution in [0, 0.1) is 11.6 Å². The van der Waals surface area contributed by atoms with Gasteiger partial charge in [0.1, 0.15) is 13.2 Å². The first-order valence-electron chi connectivity index (χ1n) is 6.70. The number of hydrogen-bond acceptors (Lipinski definition) is 3. The van der Waals surface area contributed by atoms with Crippen molar-refractivity contribution < 1.29 is 23.0 Å². The minimum absolute atomic E-state index is 0.0905. The van der Waals surface area contributed by atoms with Gasteiger partial charge in [0.15, 0.2) is 28.9 Å². The van der Waals surface area contributed by atoms with Crippen molar-refractivity contribution in [2.45, 2.75) is 0 Å². The van der Waals surface area contributed by atoms with Crippen molar-refractivity contribution in [3.05, 3.63) is 65.2 Å². The molecule has 5 heteroatoms. The maximum atomic E-state index is 13.1. The van der Waals surface area contributed by atoms with Gasteiger partial charge in [-0.15, -0.1) is 0 Å². The number of hydrogen-bond donors (Lipinski definition) is 0. The van der Waals surface area contributed by atoms with E-state index in [0.29, 0.717) is 24.7 Å². The lowest BCUT2D eigenvalue weighted by molar-refractivity contribution is 0.104. The van der Waals surface area contributed by atoms with Crippen molar-refractivity contribution in [1.29, 1.82) is 0 Å². The van der Waals surface area contributed by atoms with Crippen LogP contribution in [-0.2, 0) is 0 Å². The Kier molecular flexibility index (Phi) is 3.87. The quantitative estimate of drug-likeness (QED) is 0.641. The fourth-order valence-corrected chi connectivity index (χ4v) is 2.08. The Morgan fingerprint density at radius 1 is 0.955 bits per heavy atom. The number of allylic oxidation sites excluding steroid dienone is 1. The van der Waals surface area contributed by atoms with E-state index in [4.69, 9.17) is 9.47 Å². The van der Waals surface area contributed by atoms with E-state index in [1.165, 1.54) is 12.1 Å². The smallest absolute Gasteiger partial charge is 0.185 e. The molecular weight excluding hydrogens is 290 g/mol. The SMILES string of the molecule is O=C(C=Cc1ccc2c(c1)OCCO2)c1ccc(F)c(F)c1. The van der Waals surface area contributed by atoms with Crippen LogP contribution in [0.4, 0.5) is 8.78 Å². The summed E-state index contributed by atoms with van der Waals surface area (Å²) in [5.74, 6) is -1.15. The van der Waals surface area contributed by atoms with Crippen molar-refractivity contribution in [3.8, 4) is 11.5 Å². The molecule has 2 aromatic carbocycles. The van der Waals surface area contributed by atoms with E-state index in [2.05, 4.69) is 0 Å². The van der Waals surface area contributed by atoms with Gasteiger partial charge in [-0.3, -0.25) is 4.79 Å².